The van der Waals surface area contributed by atoms with E-state index in [0.717, 1.165) is 38.0 Å². The standard InChI is InChI=1S/C19H29N3O2/c23-18-12-17(6-9-20-18)16-7-10-22(11-8-16)14-19(24)21-13-15-4-2-1-3-5-15/h6,9,12,15-16H,1-5,7-8,10-11,13-14H2,(H,20,23)(H,21,24). The Morgan fingerprint density at radius 3 is 2.62 bits per heavy atom. The SMILES string of the molecule is O=C(CN1CCC(c2cc[nH]c(=O)c2)CC1)NCC1CCCCC1. The zero-order valence-electron chi connectivity index (χ0n) is 14.4. The van der Waals surface area contributed by atoms with Crippen LogP contribution >= 0.6 is 0 Å². The van der Waals surface area contributed by atoms with Crippen molar-refractivity contribution in [2.24, 2.45) is 5.92 Å². The van der Waals surface area contributed by atoms with Crippen LogP contribution in [0.15, 0.2) is 23.1 Å². The van der Waals surface area contributed by atoms with Gasteiger partial charge in [0.1, 0.15) is 0 Å². The summed E-state index contributed by atoms with van der Waals surface area (Å²) in [5.74, 6) is 1.29. The topological polar surface area (TPSA) is 65.2 Å². The number of aromatic amines is 1. The van der Waals surface area contributed by atoms with Crippen molar-refractivity contribution in [2.75, 3.05) is 26.2 Å². The Morgan fingerprint density at radius 1 is 1.17 bits per heavy atom. The molecule has 2 aliphatic rings. The normalized spacial score (nSPS) is 20.8. The average Bonchev–Trinajstić information content (AvgIpc) is 2.61. The van der Waals surface area contributed by atoms with Gasteiger partial charge in [0.2, 0.25) is 11.5 Å². The second-order valence-electron chi connectivity index (χ2n) is 7.34. The number of hydrogen-bond donors (Lipinski definition) is 2. The van der Waals surface area contributed by atoms with E-state index in [1.807, 2.05) is 6.07 Å². The van der Waals surface area contributed by atoms with Crippen molar-refractivity contribution in [1.82, 2.24) is 15.2 Å². The monoisotopic (exact) mass is 331 g/mol. The molecule has 0 aromatic carbocycles. The van der Waals surface area contributed by atoms with E-state index in [0.29, 0.717) is 18.4 Å². The van der Waals surface area contributed by atoms with Crippen LogP contribution in [-0.4, -0.2) is 42.0 Å². The Morgan fingerprint density at radius 2 is 1.92 bits per heavy atom. The number of carbonyl (C=O) groups excluding carboxylic acids is 1. The predicted molar refractivity (Wildman–Crippen MR) is 95.1 cm³/mol. The van der Waals surface area contributed by atoms with Crippen LogP contribution in [0.2, 0.25) is 0 Å². The lowest BCUT2D eigenvalue weighted by atomic mass is 9.89. The molecule has 1 aromatic heterocycles. The van der Waals surface area contributed by atoms with Gasteiger partial charge in [0.25, 0.3) is 0 Å². The van der Waals surface area contributed by atoms with E-state index in [9.17, 15) is 9.59 Å². The Hall–Kier alpha value is -1.62. The third-order valence-electron chi connectivity index (χ3n) is 5.54. The zero-order valence-corrected chi connectivity index (χ0v) is 14.4. The molecule has 0 atom stereocenters. The van der Waals surface area contributed by atoms with Crippen LogP contribution in [0, 0.1) is 5.92 Å². The van der Waals surface area contributed by atoms with Gasteiger partial charge in [-0.2, -0.15) is 0 Å². The third kappa shape index (κ3) is 4.94. The van der Waals surface area contributed by atoms with E-state index in [-0.39, 0.29) is 11.5 Å². The van der Waals surface area contributed by atoms with Gasteiger partial charge >= 0.3 is 0 Å². The van der Waals surface area contributed by atoms with Crippen molar-refractivity contribution in [3.8, 4) is 0 Å². The maximum Gasteiger partial charge on any atom is 0.248 e. The molecular formula is C19H29N3O2. The molecule has 0 radical (unpaired) electrons. The highest BCUT2D eigenvalue weighted by molar-refractivity contribution is 5.78. The molecule has 5 nitrogen and oxygen atoms in total. The molecule has 2 heterocycles. The maximum atomic E-state index is 12.2. The minimum Gasteiger partial charge on any atom is -0.355 e. The van der Waals surface area contributed by atoms with E-state index >= 15 is 0 Å². The average molecular weight is 331 g/mol. The lowest BCUT2D eigenvalue weighted by Crippen LogP contribution is -2.42. The summed E-state index contributed by atoms with van der Waals surface area (Å²) >= 11 is 0. The molecule has 3 rings (SSSR count). The first kappa shape index (κ1) is 17.2. The Kier molecular flexibility index (Phi) is 6.07. The fourth-order valence-electron chi connectivity index (χ4n) is 4.05. The predicted octanol–water partition coefficient (Wildman–Crippen LogP) is 2.25. The van der Waals surface area contributed by atoms with Crippen LogP contribution in [-0.2, 0) is 4.79 Å². The fourth-order valence-corrected chi connectivity index (χ4v) is 4.05. The fraction of sp³-hybridized carbons (Fsp3) is 0.684. The number of hydrogen-bond acceptors (Lipinski definition) is 3. The van der Waals surface area contributed by atoms with Gasteiger partial charge in [0.15, 0.2) is 0 Å². The van der Waals surface area contributed by atoms with Crippen molar-refractivity contribution >= 4 is 5.91 Å². The second-order valence-corrected chi connectivity index (χ2v) is 7.34. The summed E-state index contributed by atoms with van der Waals surface area (Å²) in [7, 11) is 0. The molecule has 1 amide bonds. The molecule has 2 fully saturated rings. The Labute approximate surface area is 143 Å². The minimum atomic E-state index is -0.0305. The Balaban J connectivity index is 1.38. The van der Waals surface area contributed by atoms with Gasteiger partial charge in [-0.15, -0.1) is 0 Å². The van der Waals surface area contributed by atoms with Crippen LogP contribution in [0.3, 0.4) is 0 Å². The van der Waals surface area contributed by atoms with Crippen molar-refractivity contribution in [3.05, 3.63) is 34.2 Å². The molecule has 0 bridgehead atoms. The molecular weight excluding hydrogens is 302 g/mol. The summed E-state index contributed by atoms with van der Waals surface area (Å²) in [5.41, 5.74) is 1.09. The van der Waals surface area contributed by atoms with E-state index in [1.165, 1.54) is 32.1 Å². The molecule has 1 aliphatic heterocycles. The first-order valence-corrected chi connectivity index (χ1v) is 9.38. The van der Waals surface area contributed by atoms with Crippen molar-refractivity contribution in [2.45, 2.75) is 50.9 Å². The number of carbonyl (C=O) groups is 1. The van der Waals surface area contributed by atoms with Gasteiger partial charge in [0, 0.05) is 18.8 Å². The van der Waals surface area contributed by atoms with E-state index in [4.69, 9.17) is 0 Å². The highest BCUT2D eigenvalue weighted by Crippen LogP contribution is 2.26. The van der Waals surface area contributed by atoms with Gasteiger partial charge in [-0.1, -0.05) is 19.3 Å². The molecule has 1 aliphatic carbocycles. The third-order valence-corrected chi connectivity index (χ3v) is 5.54. The lowest BCUT2D eigenvalue weighted by molar-refractivity contribution is -0.122. The van der Waals surface area contributed by atoms with Crippen LogP contribution in [0.4, 0.5) is 0 Å². The summed E-state index contributed by atoms with van der Waals surface area (Å²) in [6, 6.07) is 3.70. The molecule has 1 saturated heterocycles. The highest BCUT2D eigenvalue weighted by Gasteiger charge is 2.22. The number of nitrogens with one attached hydrogen (secondary N) is 2. The number of amides is 1. The summed E-state index contributed by atoms with van der Waals surface area (Å²) in [6.45, 7) is 3.21. The number of nitrogens with zero attached hydrogens (tertiary/aromatic N) is 1. The summed E-state index contributed by atoms with van der Waals surface area (Å²) in [6.07, 6.45) is 10.3. The van der Waals surface area contributed by atoms with Crippen molar-refractivity contribution < 1.29 is 4.79 Å². The molecule has 5 heteroatoms. The summed E-state index contributed by atoms with van der Waals surface area (Å²) < 4.78 is 0. The number of aromatic nitrogens is 1. The Bertz CT molecular complexity index is 584. The zero-order chi connectivity index (χ0) is 16.8. The van der Waals surface area contributed by atoms with Crippen LogP contribution in [0.5, 0.6) is 0 Å². The van der Waals surface area contributed by atoms with Gasteiger partial charge < -0.3 is 10.3 Å². The summed E-state index contributed by atoms with van der Waals surface area (Å²) in [4.78, 5) is 28.5. The number of likely N-dealkylation sites (tertiary alicyclic amines) is 1. The molecule has 132 valence electrons. The number of H-pyrrole nitrogens is 1. The molecule has 1 saturated carbocycles. The van der Waals surface area contributed by atoms with Gasteiger partial charge in [-0.25, -0.2) is 0 Å². The molecule has 0 spiro atoms. The van der Waals surface area contributed by atoms with Crippen LogP contribution < -0.4 is 10.9 Å². The lowest BCUT2D eigenvalue weighted by Gasteiger charge is -2.31. The molecule has 0 unspecified atom stereocenters. The van der Waals surface area contributed by atoms with Gasteiger partial charge in [-0.3, -0.25) is 14.5 Å². The maximum absolute atomic E-state index is 12.2. The number of rotatable bonds is 5. The second kappa shape index (κ2) is 8.47. The van der Waals surface area contributed by atoms with Crippen molar-refractivity contribution in [1.29, 1.82) is 0 Å². The van der Waals surface area contributed by atoms with Crippen molar-refractivity contribution in [3.63, 3.8) is 0 Å². The first-order valence-electron chi connectivity index (χ1n) is 9.38. The number of pyridine rings is 1. The first-order chi connectivity index (χ1) is 11.7. The molecule has 24 heavy (non-hydrogen) atoms. The van der Waals surface area contributed by atoms with E-state index in [1.54, 1.807) is 12.3 Å². The molecule has 1 aromatic rings. The largest absolute Gasteiger partial charge is 0.355 e. The summed E-state index contributed by atoms with van der Waals surface area (Å²) in [5, 5.41) is 3.12. The van der Waals surface area contributed by atoms with E-state index < -0.39 is 0 Å². The van der Waals surface area contributed by atoms with Crippen LogP contribution in [0.25, 0.3) is 0 Å². The van der Waals surface area contributed by atoms with Gasteiger partial charge in [0.05, 0.1) is 6.54 Å². The highest BCUT2D eigenvalue weighted by atomic mass is 16.2. The van der Waals surface area contributed by atoms with Gasteiger partial charge in [-0.05, 0) is 62.2 Å². The van der Waals surface area contributed by atoms with E-state index in [2.05, 4.69) is 15.2 Å². The van der Waals surface area contributed by atoms with Crippen LogP contribution in [0.1, 0.15) is 56.4 Å². The minimum absolute atomic E-state index is 0.0305. The smallest absolute Gasteiger partial charge is 0.248 e. The number of piperidine rings is 1. The molecule has 2 N–H and O–H groups in total. The quantitative estimate of drug-likeness (QED) is 0.870.